The molecule has 0 spiro atoms. The number of rotatable bonds is 3. The van der Waals surface area contributed by atoms with Gasteiger partial charge in [0.15, 0.2) is 0 Å². The molecule has 0 aromatic heterocycles. The van der Waals surface area contributed by atoms with Crippen LogP contribution in [0.5, 0.6) is 0 Å². The lowest BCUT2D eigenvalue weighted by atomic mass is 9.91. The van der Waals surface area contributed by atoms with E-state index in [-0.39, 0.29) is 0 Å². The zero-order valence-electron chi connectivity index (χ0n) is 9.46. The molecule has 1 heteroatoms. The van der Waals surface area contributed by atoms with E-state index in [1.165, 1.54) is 24.0 Å². The highest BCUT2D eigenvalue weighted by molar-refractivity contribution is 6.09. The maximum Gasteiger partial charge on any atom is 0.0640 e. The van der Waals surface area contributed by atoms with Crippen LogP contribution in [0, 0.1) is 0 Å². The van der Waals surface area contributed by atoms with Crippen LogP contribution in [0.25, 0.3) is 0 Å². The summed E-state index contributed by atoms with van der Waals surface area (Å²) in [5.41, 5.74) is 4.05. The monoisotopic (exact) mass is 199 g/mol. The van der Waals surface area contributed by atoms with Gasteiger partial charge in [-0.15, -0.1) is 0 Å². The first-order valence-corrected chi connectivity index (χ1v) is 5.40. The Labute approximate surface area is 91.6 Å². The van der Waals surface area contributed by atoms with Crippen molar-refractivity contribution < 1.29 is 0 Å². The van der Waals surface area contributed by atoms with Crippen LogP contribution in [0.2, 0.25) is 0 Å². The molecule has 1 fully saturated rings. The Hall–Kier alpha value is -1.37. The lowest BCUT2D eigenvalue weighted by Gasteiger charge is -2.14. The van der Waals surface area contributed by atoms with E-state index in [2.05, 4.69) is 42.8 Å². The molecule has 1 aliphatic rings. The van der Waals surface area contributed by atoms with E-state index in [4.69, 9.17) is 0 Å². The molecule has 0 amide bonds. The normalized spacial score (nSPS) is 18.7. The first-order chi connectivity index (χ1) is 7.21. The summed E-state index contributed by atoms with van der Waals surface area (Å²) in [5, 5.41) is 0. The van der Waals surface area contributed by atoms with E-state index >= 15 is 0 Å². The van der Waals surface area contributed by atoms with Gasteiger partial charge in [0.05, 0.1) is 5.71 Å². The predicted octanol–water partition coefficient (Wildman–Crippen LogP) is 3.34. The molecule has 1 nitrogen and oxygen atoms in total. The van der Waals surface area contributed by atoms with Gasteiger partial charge >= 0.3 is 0 Å². The highest BCUT2D eigenvalue weighted by Crippen LogP contribution is 2.48. The number of allylic oxidation sites excluding steroid dienone is 1. The summed E-state index contributed by atoms with van der Waals surface area (Å²) in [6, 6.07) is 8.54. The first-order valence-electron chi connectivity index (χ1n) is 5.40. The lowest BCUT2D eigenvalue weighted by molar-refractivity contribution is 0.786. The Balaban J connectivity index is 2.51. The van der Waals surface area contributed by atoms with Crippen LogP contribution in [-0.4, -0.2) is 12.8 Å². The number of benzene rings is 1. The summed E-state index contributed by atoms with van der Waals surface area (Å²) in [6.45, 7) is 6.14. The van der Waals surface area contributed by atoms with Crippen molar-refractivity contribution in [1.29, 1.82) is 0 Å². The molecule has 0 atom stereocenters. The van der Waals surface area contributed by atoms with E-state index in [1.54, 1.807) is 0 Å². The van der Waals surface area contributed by atoms with E-state index in [1.807, 2.05) is 13.1 Å². The molecule has 78 valence electrons. The fourth-order valence-electron chi connectivity index (χ4n) is 2.01. The maximum absolute atomic E-state index is 4.28. The molecule has 0 heterocycles. The molecule has 1 aromatic rings. The topological polar surface area (TPSA) is 12.4 Å². The molecular formula is C14H17N. The molecule has 0 unspecified atom stereocenters. The molecule has 0 aliphatic heterocycles. The van der Waals surface area contributed by atoms with Gasteiger partial charge in [-0.05, 0) is 29.9 Å². The number of hydrogen-bond acceptors (Lipinski definition) is 1. The number of hydrogen-bond donors (Lipinski definition) is 0. The second-order valence-corrected chi connectivity index (χ2v) is 4.42. The van der Waals surface area contributed by atoms with Gasteiger partial charge in [-0.3, -0.25) is 4.99 Å². The standard InChI is InChI=1S/C14H17N/c1-4-13(15-3)11-7-5-6-8-12(11)14(2)9-10-14/h4-8H,1,9-10H2,2-3H3. The summed E-state index contributed by atoms with van der Waals surface area (Å²) >= 11 is 0. The minimum atomic E-state index is 0.384. The van der Waals surface area contributed by atoms with Crippen LogP contribution in [0.4, 0.5) is 0 Å². The van der Waals surface area contributed by atoms with Crippen LogP contribution in [0.1, 0.15) is 30.9 Å². The third-order valence-corrected chi connectivity index (χ3v) is 3.29. The van der Waals surface area contributed by atoms with E-state index < -0.39 is 0 Å². The van der Waals surface area contributed by atoms with Crippen LogP contribution >= 0.6 is 0 Å². The van der Waals surface area contributed by atoms with Crippen molar-refractivity contribution in [2.45, 2.75) is 25.2 Å². The highest BCUT2D eigenvalue weighted by atomic mass is 14.7. The molecule has 1 aromatic carbocycles. The van der Waals surface area contributed by atoms with Gasteiger partial charge in [-0.1, -0.05) is 37.8 Å². The van der Waals surface area contributed by atoms with Gasteiger partial charge in [0.1, 0.15) is 0 Å². The van der Waals surface area contributed by atoms with Gasteiger partial charge < -0.3 is 0 Å². The second-order valence-electron chi connectivity index (χ2n) is 4.42. The molecule has 1 saturated carbocycles. The van der Waals surface area contributed by atoms with Gasteiger partial charge in [-0.25, -0.2) is 0 Å². The third-order valence-electron chi connectivity index (χ3n) is 3.29. The lowest BCUT2D eigenvalue weighted by Crippen LogP contribution is -2.09. The third kappa shape index (κ3) is 1.74. The molecule has 15 heavy (non-hydrogen) atoms. The molecule has 0 saturated heterocycles. The Morgan fingerprint density at radius 3 is 2.60 bits per heavy atom. The fraction of sp³-hybridized carbons (Fsp3) is 0.357. The van der Waals surface area contributed by atoms with Crippen LogP contribution < -0.4 is 0 Å². The Kier molecular flexibility index (Phi) is 2.47. The van der Waals surface area contributed by atoms with Gasteiger partial charge in [-0.2, -0.15) is 0 Å². The molecule has 1 aliphatic carbocycles. The van der Waals surface area contributed by atoms with E-state index in [0.29, 0.717) is 5.41 Å². The van der Waals surface area contributed by atoms with Crippen molar-refractivity contribution in [2.75, 3.05) is 7.05 Å². The fourth-order valence-corrected chi connectivity index (χ4v) is 2.01. The highest BCUT2D eigenvalue weighted by Gasteiger charge is 2.40. The van der Waals surface area contributed by atoms with Crippen molar-refractivity contribution in [1.82, 2.24) is 0 Å². The van der Waals surface area contributed by atoms with Crippen molar-refractivity contribution >= 4 is 5.71 Å². The number of nitrogens with zero attached hydrogens (tertiary/aromatic N) is 1. The summed E-state index contributed by atoms with van der Waals surface area (Å²) in [6.07, 6.45) is 4.42. The quantitative estimate of drug-likeness (QED) is 0.662. The van der Waals surface area contributed by atoms with Crippen molar-refractivity contribution in [3.63, 3.8) is 0 Å². The van der Waals surface area contributed by atoms with Gasteiger partial charge in [0.2, 0.25) is 0 Å². The first kappa shape index (κ1) is 10.2. The van der Waals surface area contributed by atoms with Crippen molar-refractivity contribution in [3.05, 3.63) is 48.0 Å². The minimum Gasteiger partial charge on any atom is -0.288 e. The zero-order chi connectivity index (χ0) is 10.9. The maximum atomic E-state index is 4.28. The van der Waals surface area contributed by atoms with Gasteiger partial charge in [0.25, 0.3) is 0 Å². The molecule has 0 radical (unpaired) electrons. The minimum absolute atomic E-state index is 0.384. The van der Waals surface area contributed by atoms with E-state index in [0.717, 1.165) is 5.71 Å². The largest absolute Gasteiger partial charge is 0.288 e. The predicted molar refractivity (Wildman–Crippen MR) is 65.7 cm³/mol. The Bertz CT molecular complexity index is 411. The van der Waals surface area contributed by atoms with E-state index in [9.17, 15) is 0 Å². The van der Waals surface area contributed by atoms with Gasteiger partial charge in [0, 0.05) is 12.6 Å². The smallest absolute Gasteiger partial charge is 0.0640 e. The Morgan fingerprint density at radius 1 is 1.40 bits per heavy atom. The molecule has 2 rings (SSSR count). The van der Waals surface area contributed by atoms with Crippen molar-refractivity contribution in [2.24, 2.45) is 4.99 Å². The average molecular weight is 199 g/mol. The van der Waals surface area contributed by atoms with Crippen LogP contribution in [-0.2, 0) is 5.41 Å². The molecule has 0 N–H and O–H groups in total. The summed E-state index contributed by atoms with van der Waals surface area (Å²) in [5.74, 6) is 0. The molecule has 0 bridgehead atoms. The van der Waals surface area contributed by atoms with Crippen LogP contribution in [0.3, 0.4) is 0 Å². The SMILES string of the molecule is C=CC(=NC)c1ccccc1C1(C)CC1. The van der Waals surface area contributed by atoms with Crippen LogP contribution in [0.15, 0.2) is 41.9 Å². The summed E-state index contributed by atoms with van der Waals surface area (Å²) in [7, 11) is 1.82. The zero-order valence-corrected chi connectivity index (χ0v) is 9.46. The average Bonchev–Trinajstić information content (AvgIpc) is 3.00. The molecular weight excluding hydrogens is 182 g/mol. The summed E-state index contributed by atoms with van der Waals surface area (Å²) < 4.78 is 0. The second kappa shape index (κ2) is 3.65. The summed E-state index contributed by atoms with van der Waals surface area (Å²) in [4.78, 5) is 4.28. The number of aliphatic imine (C=N–C) groups is 1. The Morgan fingerprint density at radius 2 is 2.07 bits per heavy atom. The van der Waals surface area contributed by atoms with Crippen molar-refractivity contribution in [3.8, 4) is 0 Å².